The molecular weight excluding hydrogens is 464 g/mol. The molecule has 2 amide bonds. The monoisotopic (exact) mass is 494 g/mol. The fourth-order valence-corrected chi connectivity index (χ4v) is 4.69. The number of carbonyl (C=O) groups is 2. The average molecular weight is 495 g/mol. The Morgan fingerprint density at radius 3 is 2.24 bits per heavy atom. The van der Waals surface area contributed by atoms with E-state index in [1.165, 1.54) is 0 Å². The van der Waals surface area contributed by atoms with E-state index in [0.717, 1.165) is 22.6 Å². The highest BCUT2D eigenvalue weighted by Crippen LogP contribution is 2.28. The summed E-state index contributed by atoms with van der Waals surface area (Å²) in [7, 11) is 1.63. The van der Waals surface area contributed by atoms with Gasteiger partial charge < -0.3 is 15.0 Å². The number of likely N-dealkylation sites (tertiary alicyclic amines) is 1. The van der Waals surface area contributed by atoms with Crippen LogP contribution < -0.4 is 10.1 Å². The molecule has 0 aliphatic carbocycles. The van der Waals surface area contributed by atoms with Gasteiger partial charge in [-0.2, -0.15) is 5.10 Å². The van der Waals surface area contributed by atoms with Gasteiger partial charge in [-0.1, -0.05) is 36.4 Å². The van der Waals surface area contributed by atoms with Gasteiger partial charge in [0.25, 0.3) is 11.8 Å². The van der Waals surface area contributed by atoms with Crippen LogP contribution in [0.2, 0.25) is 0 Å². The van der Waals surface area contributed by atoms with Gasteiger partial charge in [0.15, 0.2) is 0 Å². The van der Waals surface area contributed by atoms with Gasteiger partial charge in [-0.15, -0.1) is 0 Å². The highest BCUT2D eigenvalue weighted by molar-refractivity contribution is 6.00. The van der Waals surface area contributed by atoms with Crippen LogP contribution >= 0.6 is 0 Å². The van der Waals surface area contributed by atoms with Crippen LogP contribution in [0.5, 0.6) is 5.75 Å². The maximum absolute atomic E-state index is 13.7. The second kappa shape index (κ2) is 10.7. The molecular formula is C30H30N4O3. The van der Waals surface area contributed by atoms with Crippen molar-refractivity contribution in [2.75, 3.05) is 20.2 Å². The topological polar surface area (TPSA) is 76.5 Å². The Bertz CT molecular complexity index is 1390. The summed E-state index contributed by atoms with van der Waals surface area (Å²) in [5, 5.41) is 7.93. The second-order valence-corrected chi connectivity index (χ2v) is 9.25. The van der Waals surface area contributed by atoms with E-state index in [-0.39, 0.29) is 17.9 Å². The number of hydrogen-bond donors (Lipinski definition) is 1. The molecule has 188 valence electrons. The number of aromatic nitrogens is 2. The predicted octanol–water partition coefficient (Wildman–Crippen LogP) is 4.89. The lowest BCUT2D eigenvalue weighted by Gasteiger charge is -2.32. The van der Waals surface area contributed by atoms with Crippen LogP contribution in [-0.2, 0) is 0 Å². The molecule has 0 bridgehead atoms. The quantitative estimate of drug-likeness (QED) is 0.414. The molecule has 0 saturated carbocycles. The van der Waals surface area contributed by atoms with Crippen LogP contribution in [0.25, 0.3) is 16.9 Å². The Hall–Kier alpha value is -4.39. The number of amides is 2. The molecule has 1 aliphatic rings. The van der Waals surface area contributed by atoms with Crippen molar-refractivity contribution in [2.24, 2.45) is 0 Å². The van der Waals surface area contributed by atoms with Crippen LogP contribution in [0.4, 0.5) is 0 Å². The van der Waals surface area contributed by atoms with Crippen molar-refractivity contribution in [2.45, 2.75) is 25.8 Å². The second-order valence-electron chi connectivity index (χ2n) is 9.25. The molecule has 1 saturated heterocycles. The summed E-state index contributed by atoms with van der Waals surface area (Å²) >= 11 is 0. The van der Waals surface area contributed by atoms with Crippen LogP contribution in [-0.4, -0.2) is 52.7 Å². The Kier molecular flexibility index (Phi) is 7.03. The highest BCUT2D eigenvalue weighted by Gasteiger charge is 2.28. The Balaban J connectivity index is 1.34. The van der Waals surface area contributed by atoms with Crippen molar-refractivity contribution in [3.63, 3.8) is 0 Å². The number of aryl methyl sites for hydroxylation is 1. The Morgan fingerprint density at radius 1 is 0.892 bits per heavy atom. The maximum Gasteiger partial charge on any atom is 0.257 e. The van der Waals surface area contributed by atoms with Gasteiger partial charge in [0.1, 0.15) is 11.4 Å². The predicted molar refractivity (Wildman–Crippen MR) is 143 cm³/mol. The Morgan fingerprint density at radius 2 is 1.57 bits per heavy atom. The number of carbonyl (C=O) groups excluding carboxylic acids is 2. The fourth-order valence-electron chi connectivity index (χ4n) is 4.69. The number of nitrogens with zero attached hydrogens (tertiary/aromatic N) is 3. The van der Waals surface area contributed by atoms with Crippen molar-refractivity contribution in [3.8, 4) is 22.7 Å². The largest absolute Gasteiger partial charge is 0.497 e. The van der Waals surface area contributed by atoms with E-state index in [1.54, 1.807) is 11.8 Å². The first-order valence-electron chi connectivity index (χ1n) is 12.5. The number of piperidine rings is 1. The van der Waals surface area contributed by atoms with Crippen molar-refractivity contribution in [1.82, 2.24) is 20.0 Å². The summed E-state index contributed by atoms with van der Waals surface area (Å²) in [5.74, 6) is 0.624. The van der Waals surface area contributed by atoms with Crippen LogP contribution in [0.15, 0.2) is 85.1 Å². The van der Waals surface area contributed by atoms with Gasteiger partial charge in [0.05, 0.1) is 18.4 Å². The zero-order valence-electron chi connectivity index (χ0n) is 21.1. The summed E-state index contributed by atoms with van der Waals surface area (Å²) in [4.78, 5) is 28.3. The van der Waals surface area contributed by atoms with Gasteiger partial charge >= 0.3 is 0 Å². The number of benzene rings is 3. The molecule has 0 unspecified atom stereocenters. The molecule has 1 fully saturated rings. The average Bonchev–Trinajstić information content (AvgIpc) is 3.39. The zero-order chi connectivity index (χ0) is 25.8. The summed E-state index contributed by atoms with van der Waals surface area (Å²) in [6.45, 7) is 3.07. The fraction of sp³-hybridized carbons (Fsp3) is 0.233. The van der Waals surface area contributed by atoms with E-state index >= 15 is 0 Å². The standard InChI is InChI=1S/C30H30N4O3/c1-21-8-6-7-11-26(21)29(35)31-23-16-18-33(19-17-23)30(36)27-20-34(24-9-4-3-5-10-24)32-28(27)22-12-14-25(37-2)15-13-22/h3-15,20,23H,16-19H2,1-2H3,(H,31,35). The van der Waals surface area contributed by atoms with Crippen molar-refractivity contribution in [1.29, 1.82) is 0 Å². The molecule has 0 radical (unpaired) electrons. The summed E-state index contributed by atoms with van der Waals surface area (Å²) in [6.07, 6.45) is 3.21. The van der Waals surface area contributed by atoms with E-state index in [1.807, 2.05) is 96.9 Å². The third-order valence-corrected chi connectivity index (χ3v) is 6.84. The van der Waals surface area contributed by atoms with Crippen molar-refractivity contribution >= 4 is 11.8 Å². The van der Waals surface area contributed by atoms with E-state index in [9.17, 15) is 9.59 Å². The van der Waals surface area contributed by atoms with Gasteiger partial charge in [-0.3, -0.25) is 9.59 Å². The first-order chi connectivity index (χ1) is 18.0. The molecule has 2 heterocycles. The third-order valence-electron chi connectivity index (χ3n) is 6.84. The summed E-state index contributed by atoms with van der Waals surface area (Å²) in [6, 6.07) is 24.9. The van der Waals surface area contributed by atoms with E-state index < -0.39 is 0 Å². The van der Waals surface area contributed by atoms with E-state index in [2.05, 4.69) is 5.32 Å². The molecule has 0 spiro atoms. The zero-order valence-corrected chi connectivity index (χ0v) is 21.1. The first-order valence-corrected chi connectivity index (χ1v) is 12.5. The van der Waals surface area contributed by atoms with E-state index in [4.69, 9.17) is 9.84 Å². The normalized spacial score (nSPS) is 13.8. The number of nitrogens with one attached hydrogen (secondary N) is 1. The molecule has 7 heteroatoms. The van der Waals surface area contributed by atoms with Crippen LogP contribution in [0, 0.1) is 6.92 Å². The van der Waals surface area contributed by atoms with Gasteiger partial charge in [0, 0.05) is 36.5 Å². The smallest absolute Gasteiger partial charge is 0.257 e. The molecule has 4 aromatic rings. The summed E-state index contributed by atoms with van der Waals surface area (Å²) in [5.41, 5.74) is 4.56. The lowest BCUT2D eigenvalue weighted by Crippen LogP contribution is -2.46. The molecule has 0 atom stereocenters. The van der Waals surface area contributed by atoms with Gasteiger partial charge in [0.2, 0.25) is 0 Å². The van der Waals surface area contributed by atoms with Gasteiger partial charge in [-0.05, 0) is 67.8 Å². The molecule has 37 heavy (non-hydrogen) atoms. The minimum atomic E-state index is -0.0613. The third kappa shape index (κ3) is 5.26. The number of methoxy groups -OCH3 is 1. The maximum atomic E-state index is 13.7. The van der Waals surface area contributed by atoms with Crippen molar-refractivity contribution in [3.05, 3.63) is 102 Å². The lowest BCUT2D eigenvalue weighted by molar-refractivity contribution is 0.0699. The van der Waals surface area contributed by atoms with Crippen LogP contribution in [0.3, 0.4) is 0 Å². The highest BCUT2D eigenvalue weighted by atomic mass is 16.5. The number of para-hydroxylation sites is 1. The lowest BCUT2D eigenvalue weighted by atomic mass is 10.0. The molecule has 5 rings (SSSR count). The van der Waals surface area contributed by atoms with E-state index in [0.29, 0.717) is 42.8 Å². The van der Waals surface area contributed by atoms with Crippen LogP contribution in [0.1, 0.15) is 39.1 Å². The first kappa shape index (κ1) is 24.3. The number of rotatable bonds is 6. The van der Waals surface area contributed by atoms with Gasteiger partial charge in [-0.25, -0.2) is 4.68 Å². The minimum absolute atomic E-state index is 0.0317. The number of ether oxygens (including phenoxy) is 1. The summed E-state index contributed by atoms with van der Waals surface area (Å²) < 4.78 is 7.05. The Labute approximate surface area is 216 Å². The SMILES string of the molecule is COc1ccc(-c2nn(-c3ccccc3)cc2C(=O)N2CCC(NC(=O)c3ccccc3C)CC2)cc1. The molecule has 1 aliphatic heterocycles. The molecule has 7 nitrogen and oxygen atoms in total. The molecule has 3 aromatic carbocycles. The van der Waals surface area contributed by atoms with Crippen molar-refractivity contribution < 1.29 is 14.3 Å². The molecule has 1 aromatic heterocycles. The number of hydrogen-bond acceptors (Lipinski definition) is 4. The minimum Gasteiger partial charge on any atom is -0.497 e. The molecule has 1 N–H and O–H groups in total.